The van der Waals surface area contributed by atoms with Crippen LogP contribution in [0, 0.1) is 6.57 Å². The number of rotatable bonds is 6. The van der Waals surface area contributed by atoms with E-state index in [0.717, 1.165) is 28.9 Å². The zero-order valence-corrected chi connectivity index (χ0v) is 16.6. The Morgan fingerprint density at radius 3 is 2.79 bits per heavy atom. The van der Waals surface area contributed by atoms with Gasteiger partial charge in [0.2, 0.25) is 11.5 Å². The zero-order chi connectivity index (χ0) is 20.4. The van der Waals surface area contributed by atoms with Gasteiger partial charge in [-0.1, -0.05) is 23.4 Å². The van der Waals surface area contributed by atoms with Crippen LogP contribution < -0.4 is 4.74 Å². The first-order valence-electron chi connectivity index (χ1n) is 9.58. The highest BCUT2D eigenvalue weighted by molar-refractivity contribution is 5.77. The summed E-state index contributed by atoms with van der Waals surface area (Å²) < 4.78 is 16.9. The van der Waals surface area contributed by atoms with Gasteiger partial charge in [0.15, 0.2) is 0 Å². The van der Waals surface area contributed by atoms with E-state index in [9.17, 15) is 0 Å². The zero-order valence-electron chi connectivity index (χ0n) is 16.6. The van der Waals surface area contributed by atoms with Gasteiger partial charge in [-0.3, -0.25) is 0 Å². The Morgan fingerprint density at radius 1 is 1.21 bits per heavy atom. The molecule has 0 amide bonds. The van der Waals surface area contributed by atoms with Crippen LogP contribution in [0.3, 0.4) is 0 Å². The molecule has 0 N–H and O–H groups in total. The van der Waals surface area contributed by atoms with Gasteiger partial charge >= 0.3 is 0 Å². The molecule has 6 nitrogen and oxygen atoms in total. The third kappa shape index (κ3) is 3.59. The lowest BCUT2D eigenvalue weighted by molar-refractivity contribution is 0.244. The quantitative estimate of drug-likeness (QED) is 0.510. The Kier molecular flexibility index (Phi) is 5.05. The lowest BCUT2D eigenvalue weighted by Gasteiger charge is -2.11. The third-order valence-electron chi connectivity index (χ3n) is 4.59. The summed E-state index contributed by atoms with van der Waals surface area (Å²) in [5.41, 5.74) is 4.23. The van der Waals surface area contributed by atoms with Crippen molar-refractivity contribution in [2.45, 2.75) is 33.3 Å². The van der Waals surface area contributed by atoms with Crippen molar-refractivity contribution in [1.82, 2.24) is 10.1 Å². The van der Waals surface area contributed by atoms with Crippen LogP contribution >= 0.6 is 0 Å². The maximum Gasteiger partial charge on any atom is 0.256 e. The number of ether oxygens (including phenoxy) is 2. The molecule has 146 valence electrons. The smallest absolute Gasteiger partial charge is 0.256 e. The van der Waals surface area contributed by atoms with Gasteiger partial charge in [-0.05, 0) is 57.0 Å². The average molecular weight is 387 g/mol. The van der Waals surface area contributed by atoms with Crippen molar-refractivity contribution >= 4 is 11.4 Å². The Labute approximate surface area is 169 Å². The number of allylic oxidation sites excluding steroid dienone is 1. The topological polar surface area (TPSA) is 61.7 Å². The molecule has 29 heavy (non-hydrogen) atoms. The molecule has 0 aliphatic heterocycles. The monoisotopic (exact) mass is 387 g/mol. The van der Waals surface area contributed by atoms with Crippen molar-refractivity contribution in [1.29, 1.82) is 0 Å². The van der Waals surface area contributed by atoms with E-state index in [-0.39, 0.29) is 6.10 Å². The molecule has 4 rings (SSSR count). The van der Waals surface area contributed by atoms with Crippen molar-refractivity contribution in [2.75, 3.05) is 6.61 Å². The van der Waals surface area contributed by atoms with Crippen molar-refractivity contribution in [2.24, 2.45) is 0 Å². The normalized spacial score (nSPS) is 12.4. The van der Waals surface area contributed by atoms with E-state index in [4.69, 9.17) is 20.6 Å². The first-order valence-corrected chi connectivity index (χ1v) is 9.58. The van der Waals surface area contributed by atoms with Crippen LogP contribution in [0.25, 0.3) is 33.4 Å². The fourth-order valence-corrected chi connectivity index (χ4v) is 3.39. The molecule has 0 bridgehead atoms. The van der Waals surface area contributed by atoms with E-state index in [2.05, 4.69) is 21.1 Å². The number of benzene rings is 2. The summed E-state index contributed by atoms with van der Waals surface area (Å²) in [6.07, 6.45) is 2.84. The van der Waals surface area contributed by atoms with E-state index in [1.54, 1.807) is 12.1 Å². The lowest BCUT2D eigenvalue weighted by Crippen LogP contribution is -2.05. The highest BCUT2D eigenvalue weighted by Gasteiger charge is 2.22. The van der Waals surface area contributed by atoms with Crippen LogP contribution in [-0.2, 0) is 11.2 Å². The molecule has 1 aromatic heterocycles. The van der Waals surface area contributed by atoms with Gasteiger partial charge in [0.1, 0.15) is 11.5 Å². The molecule has 2 aromatic carbocycles. The second kappa shape index (κ2) is 7.80. The summed E-state index contributed by atoms with van der Waals surface area (Å²) in [5.74, 6) is 2.34. The van der Waals surface area contributed by atoms with Crippen LogP contribution in [0.1, 0.15) is 31.9 Å². The maximum atomic E-state index is 7.43. The van der Waals surface area contributed by atoms with Crippen molar-refractivity contribution in [3.05, 3.63) is 65.0 Å². The van der Waals surface area contributed by atoms with Crippen molar-refractivity contribution in [3.8, 4) is 28.6 Å². The summed E-state index contributed by atoms with van der Waals surface area (Å²) in [5, 5.41) is 4.18. The van der Waals surface area contributed by atoms with E-state index < -0.39 is 0 Å². The molecule has 0 atom stereocenters. The van der Waals surface area contributed by atoms with Crippen LogP contribution in [0.2, 0.25) is 0 Å². The Balaban J connectivity index is 1.66. The number of aromatic nitrogens is 2. The fourth-order valence-electron chi connectivity index (χ4n) is 3.39. The first-order chi connectivity index (χ1) is 14.1. The standard InChI is InChI=1S/C23H21N3O3/c1-5-27-20-12-10-16-17(20)7-6-8-18(16)22-25-23(29-26-22)15-9-11-21(28-14(2)3)19(13-15)24-4/h6-9,11-14H,5,10H2,1-3H3. The first kappa shape index (κ1) is 18.8. The van der Waals surface area contributed by atoms with Gasteiger partial charge in [0, 0.05) is 16.7 Å². The van der Waals surface area contributed by atoms with Gasteiger partial charge in [0.05, 0.1) is 19.3 Å². The molecule has 0 unspecified atom stereocenters. The summed E-state index contributed by atoms with van der Waals surface area (Å²) in [6.45, 7) is 13.9. The lowest BCUT2D eigenvalue weighted by atomic mass is 10.0. The summed E-state index contributed by atoms with van der Waals surface area (Å²) in [7, 11) is 0. The van der Waals surface area contributed by atoms with Crippen molar-refractivity contribution in [3.63, 3.8) is 0 Å². The fraction of sp³-hybridized carbons (Fsp3) is 0.261. The van der Waals surface area contributed by atoms with E-state index >= 15 is 0 Å². The van der Waals surface area contributed by atoms with Gasteiger partial charge in [0.25, 0.3) is 5.89 Å². The highest BCUT2D eigenvalue weighted by Crippen LogP contribution is 2.37. The maximum absolute atomic E-state index is 7.43. The Bertz CT molecular complexity index is 1120. The molecule has 3 aromatic rings. The molecule has 1 heterocycles. The van der Waals surface area contributed by atoms with Crippen molar-refractivity contribution < 1.29 is 14.0 Å². The Hall–Kier alpha value is -3.59. The minimum absolute atomic E-state index is 0.00767. The van der Waals surface area contributed by atoms with E-state index in [1.165, 1.54) is 0 Å². The second-order valence-corrected chi connectivity index (χ2v) is 6.92. The van der Waals surface area contributed by atoms with Gasteiger partial charge in [-0.25, -0.2) is 4.85 Å². The predicted molar refractivity (Wildman–Crippen MR) is 111 cm³/mol. The molecule has 0 radical (unpaired) electrons. The number of nitrogens with zero attached hydrogens (tertiary/aromatic N) is 3. The minimum Gasteiger partial charge on any atom is -0.502 e. The molecule has 0 saturated heterocycles. The average Bonchev–Trinajstić information content (AvgIpc) is 3.36. The van der Waals surface area contributed by atoms with Crippen LogP contribution in [0.5, 0.6) is 5.75 Å². The molecule has 0 fully saturated rings. The van der Waals surface area contributed by atoms with Crippen LogP contribution in [0.4, 0.5) is 5.69 Å². The van der Waals surface area contributed by atoms with Crippen LogP contribution in [-0.4, -0.2) is 22.9 Å². The molecular weight excluding hydrogens is 366 g/mol. The van der Waals surface area contributed by atoms with Gasteiger partial charge < -0.3 is 14.0 Å². The summed E-state index contributed by atoms with van der Waals surface area (Å²) in [4.78, 5) is 8.14. The molecule has 0 saturated carbocycles. The van der Waals surface area contributed by atoms with Crippen LogP contribution in [0.15, 0.2) is 47.0 Å². The van der Waals surface area contributed by atoms with E-state index in [1.807, 2.05) is 45.0 Å². The molecular formula is C23H21N3O3. The van der Waals surface area contributed by atoms with E-state index in [0.29, 0.717) is 35.3 Å². The molecule has 0 spiro atoms. The second-order valence-electron chi connectivity index (χ2n) is 6.92. The Morgan fingerprint density at radius 2 is 2.03 bits per heavy atom. The molecule has 6 heteroatoms. The van der Waals surface area contributed by atoms with Gasteiger partial charge in [-0.2, -0.15) is 4.98 Å². The number of hydrogen-bond donors (Lipinski definition) is 0. The minimum atomic E-state index is -0.00767. The predicted octanol–water partition coefficient (Wildman–Crippen LogP) is 5.68. The van der Waals surface area contributed by atoms with Gasteiger partial charge in [-0.15, -0.1) is 0 Å². The SMILES string of the molecule is [C-]#[N+]c1cc(-c2nc(-c3cccc4c3CC=C4OCC)no2)ccc1OC(C)C. The molecule has 1 aliphatic carbocycles. The number of fused-ring (bicyclic) bond motifs is 1. The third-order valence-corrected chi connectivity index (χ3v) is 4.59. The number of hydrogen-bond acceptors (Lipinski definition) is 5. The highest BCUT2D eigenvalue weighted by atomic mass is 16.5. The molecule has 1 aliphatic rings. The largest absolute Gasteiger partial charge is 0.502 e. The summed E-state index contributed by atoms with van der Waals surface area (Å²) in [6, 6.07) is 11.3. The summed E-state index contributed by atoms with van der Waals surface area (Å²) >= 11 is 0.